The average Bonchev–Trinajstić information content (AvgIpc) is 1.65. The largest absolute Gasteiger partial charge is 0.374 e. The van der Waals surface area contributed by atoms with E-state index in [1.807, 2.05) is 26.8 Å². The predicted molar refractivity (Wildman–Crippen MR) is 340 cm³/mol. The van der Waals surface area contributed by atoms with Gasteiger partial charge in [-0.15, -0.1) is 0 Å². The zero-order valence-corrected chi connectivity index (χ0v) is 46.3. The zero-order chi connectivity index (χ0) is 55.6. The summed E-state index contributed by atoms with van der Waals surface area (Å²) >= 11 is 0. The molecular formula is C71H49N13. The summed E-state index contributed by atoms with van der Waals surface area (Å²) < 4.78 is 0. The van der Waals surface area contributed by atoms with Gasteiger partial charge < -0.3 is 15.3 Å². The van der Waals surface area contributed by atoms with Gasteiger partial charge >= 0.3 is 0 Å². The maximum absolute atomic E-state index is 5.62. The van der Waals surface area contributed by atoms with Crippen LogP contribution in [0.5, 0.6) is 0 Å². The van der Waals surface area contributed by atoms with Crippen LogP contribution in [0, 0.1) is 6.92 Å². The highest BCUT2D eigenvalue weighted by Gasteiger charge is 2.31. The molecule has 12 aromatic rings. The van der Waals surface area contributed by atoms with Gasteiger partial charge in [0.05, 0.1) is 107 Å². The van der Waals surface area contributed by atoms with Crippen LogP contribution < -0.4 is 5.32 Å². The van der Waals surface area contributed by atoms with Crippen LogP contribution in [0.2, 0.25) is 0 Å². The van der Waals surface area contributed by atoms with Crippen LogP contribution in [-0.2, 0) is 12.8 Å². The second-order valence-electron chi connectivity index (χ2n) is 22.7. The summed E-state index contributed by atoms with van der Waals surface area (Å²) in [5.74, 6) is 0. The maximum atomic E-state index is 5.62. The highest BCUT2D eigenvalue weighted by molar-refractivity contribution is 6.23. The Morgan fingerprint density at radius 2 is 1.18 bits per heavy atom. The predicted octanol–water partition coefficient (Wildman–Crippen LogP) is 14.7. The number of aryl methyl sites for hydroxylation is 2. The lowest BCUT2D eigenvalue weighted by Gasteiger charge is -2.21. The summed E-state index contributed by atoms with van der Waals surface area (Å²) in [6, 6.07) is 34.0. The van der Waals surface area contributed by atoms with Gasteiger partial charge in [-0.05, 0) is 117 Å². The quantitative estimate of drug-likeness (QED) is 0.112. The van der Waals surface area contributed by atoms with Crippen molar-refractivity contribution in [2.75, 3.05) is 0 Å². The number of H-pyrrole nitrogens is 2. The first kappa shape index (κ1) is 47.0. The molecular weight excluding hydrogens is 1030 g/mol. The van der Waals surface area contributed by atoms with E-state index in [0.29, 0.717) is 29.9 Å². The summed E-state index contributed by atoms with van der Waals surface area (Å²) in [5.41, 5.74) is 26.6. The van der Waals surface area contributed by atoms with E-state index in [2.05, 4.69) is 174 Å². The third-order valence-electron chi connectivity index (χ3n) is 17.6. The average molecular weight is 1080 g/mol. The van der Waals surface area contributed by atoms with Gasteiger partial charge in [0.2, 0.25) is 0 Å². The number of aromatic nitrogens is 10. The lowest BCUT2D eigenvalue weighted by molar-refractivity contribution is 0.837. The molecule has 0 saturated carbocycles. The van der Waals surface area contributed by atoms with E-state index in [0.717, 1.165) is 179 Å². The molecule has 0 amide bonds. The van der Waals surface area contributed by atoms with Crippen molar-refractivity contribution in [2.45, 2.75) is 59.0 Å². The molecule has 13 nitrogen and oxygen atoms in total. The molecule has 4 aromatic carbocycles. The molecule has 0 spiro atoms. The molecule has 398 valence electrons. The number of allylic oxidation sites excluding steroid dienone is 7. The molecule has 2 unspecified atom stereocenters. The number of pyridine rings is 4. The van der Waals surface area contributed by atoms with Crippen LogP contribution in [0.4, 0.5) is 0 Å². The van der Waals surface area contributed by atoms with Gasteiger partial charge in [0.25, 0.3) is 0 Å². The maximum Gasteiger partial charge on any atom is 0.110 e. The molecule has 6 aliphatic rings. The normalized spacial score (nSPS) is 17.7. The van der Waals surface area contributed by atoms with E-state index in [1.54, 1.807) is 0 Å². The summed E-state index contributed by atoms with van der Waals surface area (Å²) in [6.07, 6.45) is 23.8. The zero-order valence-electron chi connectivity index (χ0n) is 46.3. The number of nitrogens with one attached hydrogen (secondary N) is 3. The Morgan fingerprint density at radius 3 is 1.87 bits per heavy atom. The fourth-order valence-corrected chi connectivity index (χ4v) is 13.7. The molecule has 8 aromatic heterocycles. The van der Waals surface area contributed by atoms with Gasteiger partial charge in [0, 0.05) is 83.8 Å². The number of aliphatic imine (C=N–C) groups is 2. The first-order valence-electron chi connectivity index (χ1n) is 28.8. The summed E-state index contributed by atoms with van der Waals surface area (Å²) in [5, 5.41) is 9.51. The molecule has 18 rings (SSSR count). The van der Waals surface area contributed by atoms with Gasteiger partial charge in [0.1, 0.15) is 17.4 Å². The molecule has 4 aliphatic heterocycles. The van der Waals surface area contributed by atoms with Crippen LogP contribution in [0.15, 0.2) is 179 Å². The lowest BCUT2D eigenvalue weighted by Crippen LogP contribution is -2.26. The summed E-state index contributed by atoms with van der Waals surface area (Å²) in [6.45, 7) is 8.22. The van der Waals surface area contributed by atoms with Crippen LogP contribution in [0.25, 0.3) is 133 Å². The van der Waals surface area contributed by atoms with E-state index in [4.69, 9.17) is 49.9 Å². The number of rotatable bonds is 5. The van der Waals surface area contributed by atoms with Crippen molar-refractivity contribution in [2.24, 2.45) is 9.98 Å². The Morgan fingerprint density at radius 1 is 0.595 bits per heavy atom. The van der Waals surface area contributed by atoms with Crippen LogP contribution in [0.1, 0.15) is 72.7 Å². The Balaban J connectivity index is 0.812. The standard InChI is InChI=1S/C71H49N13/c1-5-11-57-59(84-71-51-23-27-56-47-19-10-15-39-31-43(77-63(39)47)33-41-29-37-13-8-17-45(61(37)75-41)54-25-21-49(69(71)82-57)66(79-54)68(51)81-56)34(3)72-52(6-2)58-35(4)73-64-48-20-24-53-44-16-7-12-36-28-40(74-60(36)44)32-42-30-38-14-9-18-46(62(38)76-42)55-26-22-50(70(64)83-58)67(80-55)65(48)78-53/h6-10,12-32,60-61,74,76-77H,5,11,33H2,1-4H3/b40-32?,52-6+,72-34?. The third kappa shape index (κ3) is 6.89. The van der Waals surface area contributed by atoms with Crippen LogP contribution in [-0.4, -0.2) is 73.3 Å². The monoisotopic (exact) mass is 1080 g/mol. The fourth-order valence-electron chi connectivity index (χ4n) is 13.7. The Labute approximate surface area is 480 Å². The minimum Gasteiger partial charge on any atom is -0.374 e. The van der Waals surface area contributed by atoms with Crippen molar-refractivity contribution in [1.29, 1.82) is 0 Å². The summed E-state index contributed by atoms with van der Waals surface area (Å²) in [4.78, 5) is 62.5. The van der Waals surface area contributed by atoms with Gasteiger partial charge in [-0.25, -0.2) is 44.9 Å². The minimum absolute atomic E-state index is 0.0487. The molecule has 16 bridgehead atoms. The number of benzene rings is 4. The van der Waals surface area contributed by atoms with E-state index in [-0.39, 0.29) is 12.1 Å². The molecule has 3 N–H and O–H groups in total. The van der Waals surface area contributed by atoms with Gasteiger partial charge in [-0.1, -0.05) is 92.3 Å². The molecule has 0 radical (unpaired) electrons. The second kappa shape index (κ2) is 17.4. The van der Waals surface area contributed by atoms with Crippen molar-refractivity contribution in [3.8, 4) is 22.5 Å². The van der Waals surface area contributed by atoms with Crippen molar-refractivity contribution >= 4 is 122 Å². The highest BCUT2D eigenvalue weighted by Crippen LogP contribution is 2.42. The molecule has 0 fully saturated rings. The molecule has 13 heteroatoms. The second-order valence-corrected chi connectivity index (χ2v) is 22.7. The molecule has 12 heterocycles. The molecule has 0 saturated heterocycles. The SMILES string of the molecule is C/C=C(/N=C(C)c1nc2c3ccc4nc3c3nc(ccc3c2nc1CCC)C1=CC=CC2=CC(=NC21)Cc1cc2cccc-4c2[nH]1)c1nc2c3ccc4nc3c3nc(ccc3c2nc1C)C1=CC=CC2=CC(=Cc3cc5cccc-4c5[nH]3)NC21. The summed E-state index contributed by atoms with van der Waals surface area (Å²) in [7, 11) is 0. The van der Waals surface area contributed by atoms with E-state index >= 15 is 0 Å². The first-order valence-corrected chi connectivity index (χ1v) is 28.8. The smallest absolute Gasteiger partial charge is 0.110 e. The van der Waals surface area contributed by atoms with Crippen molar-refractivity contribution in [3.05, 3.63) is 214 Å². The van der Waals surface area contributed by atoms with Crippen molar-refractivity contribution < 1.29 is 0 Å². The number of hydrogen-bond donors (Lipinski definition) is 3. The Bertz CT molecular complexity index is 5440. The van der Waals surface area contributed by atoms with Crippen LogP contribution in [0.3, 0.4) is 0 Å². The van der Waals surface area contributed by atoms with Crippen molar-refractivity contribution in [1.82, 2.24) is 55.2 Å². The topological polar surface area (TPSA) is 171 Å². The van der Waals surface area contributed by atoms with Gasteiger partial charge in [0.15, 0.2) is 0 Å². The Kier molecular flexibility index (Phi) is 9.76. The fraction of sp³-hybridized carbons (Fsp3) is 0.127. The lowest BCUT2D eigenvalue weighted by atomic mass is 9.92. The molecule has 84 heavy (non-hydrogen) atoms. The third-order valence-corrected chi connectivity index (χ3v) is 17.6. The number of nitrogens with zero attached hydrogens (tertiary/aromatic N) is 10. The van der Waals surface area contributed by atoms with Crippen molar-refractivity contribution in [3.63, 3.8) is 0 Å². The Hall–Kier alpha value is -10.7. The van der Waals surface area contributed by atoms with E-state index in [1.165, 1.54) is 11.1 Å². The number of aromatic amines is 2. The van der Waals surface area contributed by atoms with Crippen LogP contribution >= 0.6 is 0 Å². The number of fused-ring (bicyclic) bond motifs is 17. The molecule has 2 aliphatic carbocycles. The first-order chi connectivity index (χ1) is 41.3. The van der Waals surface area contributed by atoms with E-state index < -0.39 is 0 Å². The van der Waals surface area contributed by atoms with Gasteiger partial charge in [-0.2, -0.15) is 0 Å². The minimum atomic E-state index is -0.142. The highest BCUT2D eigenvalue weighted by atomic mass is 15.0. The van der Waals surface area contributed by atoms with E-state index in [9.17, 15) is 0 Å². The van der Waals surface area contributed by atoms with Gasteiger partial charge in [-0.3, -0.25) is 4.99 Å². The molecule has 2 atom stereocenters. The number of para-hydroxylation sites is 2. The number of hydrogen-bond acceptors (Lipinski definition) is 11.